The molecule has 1 fully saturated rings. The van der Waals surface area contributed by atoms with Crippen LogP contribution in [0.25, 0.3) is 10.9 Å². The van der Waals surface area contributed by atoms with Gasteiger partial charge in [0.05, 0.1) is 22.5 Å². The topological polar surface area (TPSA) is 104 Å². The zero-order valence-electron chi connectivity index (χ0n) is 12.6. The van der Waals surface area contributed by atoms with Crippen LogP contribution in [0.4, 0.5) is 0 Å². The number of ether oxygens (including phenoxy) is 2. The summed E-state index contributed by atoms with van der Waals surface area (Å²) in [6.45, 7) is -0.521. The summed E-state index contributed by atoms with van der Waals surface area (Å²) in [7, 11) is 1.81. The fourth-order valence-corrected chi connectivity index (χ4v) is 3.34. The minimum Gasteiger partial charge on any atom is -0.460 e. The fraction of sp³-hybridized carbons (Fsp3) is 0.467. The van der Waals surface area contributed by atoms with E-state index in [2.05, 4.69) is 15.9 Å². The maximum atomic E-state index is 10.1. The molecule has 9 heteroatoms. The lowest BCUT2D eigenvalue weighted by Gasteiger charge is -2.39. The Morgan fingerprint density at radius 1 is 1.25 bits per heavy atom. The van der Waals surface area contributed by atoms with Gasteiger partial charge in [0.25, 0.3) is 0 Å². The molecule has 2 aromatic rings. The first-order valence-electron chi connectivity index (χ1n) is 7.25. The third-order valence-electron chi connectivity index (χ3n) is 4.10. The van der Waals surface area contributed by atoms with Crippen LogP contribution in [-0.4, -0.2) is 62.3 Å². The first kappa shape index (κ1) is 17.9. The van der Waals surface area contributed by atoms with Crippen LogP contribution >= 0.6 is 27.5 Å². The molecule has 5 atom stereocenters. The first-order valence-corrected chi connectivity index (χ1v) is 8.42. The van der Waals surface area contributed by atoms with Gasteiger partial charge in [-0.2, -0.15) is 0 Å². The number of aryl methyl sites for hydroxylation is 1. The first-order chi connectivity index (χ1) is 11.3. The SMILES string of the molecule is Cn1cc(O[C@H]2O[C@H](CO)[C@@H](O)[C@H](O)[C@H]2O)c2c(Cl)c(Br)ccc21. The van der Waals surface area contributed by atoms with Crippen molar-refractivity contribution in [3.05, 3.63) is 27.8 Å². The van der Waals surface area contributed by atoms with E-state index in [1.165, 1.54) is 0 Å². The van der Waals surface area contributed by atoms with Crippen molar-refractivity contribution in [2.75, 3.05) is 6.61 Å². The van der Waals surface area contributed by atoms with Crippen molar-refractivity contribution >= 4 is 38.4 Å². The van der Waals surface area contributed by atoms with Crippen molar-refractivity contribution < 1.29 is 29.9 Å². The van der Waals surface area contributed by atoms with Gasteiger partial charge in [-0.15, -0.1) is 0 Å². The third kappa shape index (κ3) is 2.92. The lowest BCUT2D eigenvalue weighted by Crippen LogP contribution is -2.60. The zero-order valence-corrected chi connectivity index (χ0v) is 15.0. The summed E-state index contributed by atoms with van der Waals surface area (Å²) in [5.74, 6) is 0.350. The van der Waals surface area contributed by atoms with Crippen molar-refractivity contribution in [2.24, 2.45) is 7.05 Å². The van der Waals surface area contributed by atoms with Crippen molar-refractivity contribution in [1.29, 1.82) is 0 Å². The van der Waals surface area contributed by atoms with Gasteiger partial charge in [-0.3, -0.25) is 0 Å². The Labute approximate surface area is 151 Å². The Kier molecular flexibility index (Phi) is 5.08. The molecule has 1 aliphatic rings. The van der Waals surface area contributed by atoms with Gasteiger partial charge in [0.2, 0.25) is 6.29 Å². The molecule has 0 unspecified atom stereocenters. The second-order valence-electron chi connectivity index (χ2n) is 5.67. The van der Waals surface area contributed by atoms with E-state index in [1.807, 2.05) is 19.2 Å². The highest BCUT2D eigenvalue weighted by atomic mass is 79.9. The van der Waals surface area contributed by atoms with Gasteiger partial charge >= 0.3 is 0 Å². The lowest BCUT2D eigenvalue weighted by molar-refractivity contribution is -0.277. The Balaban J connectivity index is 1.96. The minimum absolute atomic E-state index is 0.350. The molecule has 1 saturated heterocycles. The number of hydrogen-bond acceptors (Lipinski definition) is 6. The van der Waals surface area contributed by atoms with Crippen molar-refractivity contribution in [3.8, 4) is 5.75 Å². The molecular weight excluding hydrogens is 406 g/mol. The number of benzene rings is 1. The van der Waals surface area contributed by atoms with E-state index in [-0.39, 0.29) is 0 Å². The molecule has 0 spiro atoms. The number of rotatable bonds is 3. The smallest absolute Gasteiger partial charge is 0.229 e. The highest BCUT2D eigenvalue weighted by molar-refractivity contribution is 9.10. The molecule has 4 N–H and O–H groups in total. The summed E-state index contributed by atoms with van der Waals surface area (Å²) in [5.41, 5.74) is 0.808. The molecule has 2 heterocycles. The molecule has 0 aliphatic carbocycles. The molecule has 0 radical (unpaired) electrons. The second-order valence-corrected chi connectivity index (χ2v) is 6.91. The molecule has 0 amide bonds. The van der Waals surface area contributed by atoms with E-state index in [1.54, 1.807) is 10.8 Å². The minimum atomic E-state index is -1.50. The average Bonchev–Trinajstić information content (AvgIpc) is 2.87. The van der Waals surface area contributed by atoms with Crippen molar-refractivity contribution in [2.45, 2.75) is 30.7 Å². The van der Waals surface area contributed by atoms with E-state index >= 15 is 0 Å². The van der Waals surface area contributed by atoms with E-state index in [0.29, 0.717) is 20.6 Å². The number of hydrogen-bond donors (Lipinski definition) is 4. The number of fused-ring (bicyclic) bond motifs is 1. The highest BCUT2D eigenvalue weighted by Gasteiger charge is 2.45. The molecule has 7 nitrogen and oxygen atoms in total. The fourth-order valence-electron chi connectivity index (χ4n) is 2.76. The number of aliphatic hydroxyl groups is 4. The zero-order chi connectivity index (χ0) is 17.6. The summed E-state index contributed by atoms with van der Waals surface area (Å²) in [6, 6.07) is 3.66. The Bertz CT molecular complexity index is 751. The number of aromatic nitrogens is 1. The van der Waals surface area contributed by atoms with Gasteiger partial charge in [0, 0.05) is 17.7 Å². The Morgan fingerprint density at radius 2 is 1.96 bits per heavy atom. The quantitative estimate of drug-likeness (QED) is 0.583. The predicted octanol–water partition coefficient (Wildman–Crippen LogP) is 0.773. The number of nitrogens with zero attached hydrogens (tertiary/aromatic N) is 1. The molecule has 0 saturated carbocycles. The molecule has 24 heavy (non-hydrogen) atoms. The maximum Gasteiger partial charge on any atom is 0.229 e. The van der Waals surface area contributed by atoms with E-state index < -0.39 is 37.3 Å². The second kappa shape index (κ2) is 6.80. The summed E-state index contributed by atoms with van der Waals surface area (Å²) in [5, 5.41) is 40.1. The van der Waals surface area contributed by atoms with E-state index in [0.717, 1.165) is 5.52 Å². The van der Waals surface area contributed by atoms with Crippen LogP contribution < -0.4 is 4.74 Å². The summed E-state index contributed by atoms with van der Waals surface area (Å²) >= 11 is 9.68. The summed E-state index contributed by atoms with van der Waals surface area (Å²) < 4.78 is 13.6. The number of halogens is 2. The van der Waals surface area contributed by atoms with Crippen LogP contribution in [0, 0.1) is 0 Å². The standard InChI is InChI=1S/C15H17BrClNO6/c1-18-4-8(10-7(18)3-2-6(16)11(10)17)23-15-14(22)13(21)12(20)9(5-19)24-15/h2-4,9,12-15,19-22H,5H2,1H3/t9-,12-,13+,14-,15+/m1/s1. The van der Waals surface area contributed by atoms with E-state index in [9.17, 15) is 20.4 Å². The molecule has 1 aromatic heterocycles. The Morgan fingerprint density at radius 3 is 2.62 bits per heavy atom. The highest BCUT2D eigenvalue weighted by Crippen LogP contribution is 2.39. The molecule has 132 valence electrons. The van der Waals surface area contributed by atoms with Crippen LogP contribution in [0.15, 0.2) is 22.8 Å². The average molecular weight is 423 g/mol. The van der Waals surface area contributed by atoms with Crippen LogP contribution in [-0.2, 0) is 11.8 Å². The monoisotopic (exact) mass is 421 g/mol. The van der Waals surface area contributed by atoms with Crippen LogP contribution in [0.5, 0.6) is 5.75 Å². The molecule has 0 bridgehead atoms. The van der Waals surface area contributed by atoms with Crippen molar-refractivity contribution in [1.82, 2.24) is 4.57 Å². The molecule has 3 rings (SSSR count). The normalized spacial score (nSPS) is 30.7. The van der Waals surface area contributed by atoms with Gasteiger partial charge in [-0.25, -0.2) is 0 Å². The maximum absolute atomic E-state index is 10.1. The van der Waals surface area contributed by atoms with E-state index in [4.69, 9.17) is 21.1 Å². The largest absolute Gasteiger partial charge is 0.460 e. The number of aliphatic hydroxyl groups excluding tert-OH is 4. The predicted molar refractivity (Wildman–Crippen MR) is 90.0 cm³/mol. The van der Waals surface area contributed by atoms with Gasteiger partial charge in [-0.1, -0.05) is 11.6 Å². The summed E-state index contributed by atoms with van der Waals surface area (Å²) in [4.78, 5) is 0. The van der Waals surface area contributed by atoms with Crippen LogP contribution in [0.3, 0.4) is 0 Å². The van der Waals surface area contributed by atoms with Crippen molar-refractivity contribution in [3.63, 3.8) is 0 Å². The molecule has 1 aliphatic heterocycles. The summed E-state index contributed by atoms with van der Waals surface area (Å²) in [6.07, 6.45) is -5.05. The Hall–Kier alpha value is -0.870. The van der Waals surface area contributed by atoms with Gasteiger partial charge in [0.15, 0.2) is 0 Å². The van der Waals surface area contributed by atoms with Gasteiger partial charge in [0.1, 0.15) is 30.2 Å². The van der Waals surface area contributed by atoms with Gasteiger partial charge in [-0.05, 0) is 28.1 Å². The molecule has 1 aromatic carbocycles. The lowest BCUT2D eigenvalue weighted by atomic mass is 9.99. The van der Waals surface area contributed by atoms with Crippen LogP contribution in [0.2, 0.25) is 5.02 Å². The van der Waals surface area contributed by atoms with Crippen LogP contribution in [0.1, 0.15) is 0 Å². The third-order valence-corrected chi connectivity index (χ3v) is 5.38. The van der Waals surface area contributed by atoms with Gasteiger partial charge < -0.3 is 34.5 Å². The molecular formula is C15H17BrClNO6.